The van der Waals surface area contributed by atoms with Crippen molar-refractivity contribution in [3.05, 3.63) is 84.6 Å². The second-order valence-corrected chi connectivity index (χ2v) is 6.34. The van der Waals surface area contributed by atoms with Crippen LogP contribution in [-0.2, 0) is 4.79 Å². The van der Waals surface area contributed by atoms with Crippen LogP contribution < -0.4 is 10.1 Å². The number of nitriles is 1. The monoisotopic (exact) mass is 398 g/mol. The lowest BCUT2D eigenvalue weighted by Crippen LogP contribution is -2.24. The van der Waals surface area contributed by atoms with Crippen molar-refractivity contribution in [3.63, 3.8) is 0 Å². The Morgan fingerprint density at radius 1 is 1.23 bits per heavy atom. The number of carbonyl (C=O) groups is 1. The third-order valence-electron chi connectivity index (χ3n) is 4.27. The number of amides is 1. The zero-order chi connectivity index (χ0) is 21.3. The van der Waals surface area contributed by atoms with Crippen LogP contribution in [0.2, 0.25) is 0 Å². The molecular weight excluding hydrogens is 376 g/mol. The summed E-state index contributed by atoms with van der Waals surface area (Å²) < 4.78 is 7.24. The van der Waals surface area contributed by atoms with Crippen LogP contribution in [0.4, 0.5) is 0 Å². The van der Waals surface area contributed by atoms with Gasteiger partial charge in [-0.15, -0.1) is 6.58 Å². The zero-order valence-corrected chi connectivity index (χ0v) is 16.7. The maximum absolute atomic E-state index is 12.3. The van der Waals surface area contributed by atoms with E-state index in [0.717, 1.165) is 17.0 Å². The van der Waals surface area contributed by atoms with E-state index in [4.69, 9.17) is 9.84 Å². The van der Waals surface area contributed by atoms with Crippen molar-refractivity contribution in [2.24, 2.45) is 0 Å². The molecule has 0 saturated heterocycles. The van der Waals surface area contributed by atoms with E-state index in [2.05, 4.69) is 11.9 Å². The molecule has 1 aromatic heterocycles. The Hall–Kier alpha value is -4.11. The average Bonchev–Trinajstić information content (AvgIpc) is 3.21. The third kappa shape index (κ3) is 4.83. The van der Waals surface area contributed by atoms with Crippen LogP contribution in [0.1, 0.15) is 12.5 Å². The Kier molecular flexibility index (Phi) is 6.80. The van der Waals surface area contributed by atoms with Gasteiger partial charge in [0, 0.05) is 23.9 Å². The van der Waals surface area contributed by atoms with Crippen molar-refractivity contribution in [2.45, 2.75) is 6.92 Å². The van der Waals surface area contributed by atoms with Crippen molar-refractivity contribution in [1.82, 2.24) is 15.1 Å². The second kappa shape index (κ2) is 9.89. The number of ether oxygens (including phenoxy) is 1. The Labute approximate surface area is 175 Å². The zero-order valence-electron chi connectivity index (χ0n) is 16.7. The van der Waals surface area contributed by atoms with E-state index in [1.807, 2.05) is 67.6 Å². The summed E-state index contributed by atoms with van der Waals surface area (Å²) in [6, 6.07) is 19.2. The summed E-state index contributed by atoms with van der Waals surface area (Å²) >= 11 is 0. The van der Waals surface area contributed by atoms with Gasteiger partial charge in [0.15, 0.2) is 0 Å². The number of carbonyl (C=O) groups excluding carboxylic acids is 1. The molecule has 6 nitrogen and oxygen atoms in total. The van der Waals surface area contributed by atoms with Crippen LogP contribution in [-0.4, -0.2) is 28.8 Å². The van der Waals surface area contributed by atoms with Crippen molar-refractivity contribution in [3.8, 4) is 28.8 Å². The van der Waals surface area contributed by atoms with Crippen molar-refractivity contribution in [1.29, 1.82) is 5.26 Å². The standard InChI is InChI=1S/C24H22N4O2/c1-3-14-26-24(29)19(16-25)15-20-17-28(21-8-6-5-7-9-21)27-23(20)18-10-12-22(13-11-18)30-4-2/h3,5-13,15,17H,1,4,14H2,2H3,(H,26,29)/b19-15-. The molecule has 6 heteroatoms. The molecule has 1 N–H and O–H groups in total. The SMILES string of the molecule is C=CCNC(=O)/C(C#N)=C\c1cn(-c2ccccc2)nc1-c1ccc(OCC)cc1. The van der Waals surface area contributed by atoms with E-state index in [1.165, 1.54) is 0 Å². The number of para-hydroxylation sites is 1. The summed E-state index contributed by atoms with van der Waals surface area (Å²) in [6.45, 7) is 6.37. The maximum Gasteiger partial charge on any atom is 0.262 e. The molecule has 1 amide bonds. The molecule has 0 fully saturated rings. The number of hydrogen-bond acceptors (Lipinski definition) is 4. The fraction of sp³-hybridized carbons (Fsp3) is 0.125. The summed E-state index contributed by atoms with van der Waals surface area (Å²) in [5, 5.41) is 16.8. The highest BCUT2D eigenvalue weighted by Gasteiger charge is 2.15. The van der Waals surface area contributed by atoms with Gasteiger partial charge in [0.2, 0.25) is 0 Å². The van der Waals surface area contributed by atoms with Gasteiger partial charge >= 0.3 is 0 Å². The van der Waals surface area contributed by atoms with Gasteiger partial charge < -0.3 is 10.1 Å². The predicted molar refractivity (Wildman–Crippen MR) is 117 cm³/mol. The summed E-state index contributed by atoms with van der Waals surface area (Å²) in [4.78, 5) is 12.3. The molecule has 150 valence electrons. The molecule has 0 saturated carbocycles. The number of aromatic nitrogens is 2. The minimum Gasteiger partial charge on any atom is -0.494 e. The summed E-state index contributed by atoms with van der Waals surface area (Å²) in [5.74, 6) is 0.310. The molecule has 2 aromatic carbocycles. The van der Waals surface area contributed by atoms with E-state index in [9.17, 15) is 10.1 Å². The first-order valence-corrected chi connectivity index (χ1v) is 9.55. The summed E-state index contributed by atoms with van der Waals surface area (Å²) in [7, 11) is 0. The molecule has 3 aromatic rings. The van der Waals surface area contributed by atoms with Crippen molar-refractivity contribution in [2.75, 3.05) is 13.2 Å². The Morgan fingerprint density at radius 2 is 1.97 bits per heavy atom. The van der Waals surface area contributed by atoms with Gasteiger partial charge in [-0.1, -0.05) is 24.3 Å². The molecule has 0 aliphatic carbocycles. The lowest BCUT2D eigenvalue weighted by Gasteiger charge is -2.05. The fourth-order valence-electron chi connectivity index (χ4n) is 2.87. The number of nitrogens with zero attached hydrogens (tertiary/aromatic N) is 3. The van der Waals surface area contributed by atoms with Crippen LogP contribution in [0, 0.1) is 11.3 Å². The molecule has 0 atom stereocenters. The van der Waals surface area contributed by atoms with Crippen LogP contribution in [0.5, 0.6) is 5.75 Å². The Bertz CT molecular complexity index is 1090. The quantitative estimate of drug-likeness (QED) is 0.351. The van der Waals surface area contributed by atoms with E-state index >= 15 is 0 Å². The number of rotatable bonds is 8. The fourth-order valence-corrected chi connectivity index (χ4v) is 2.87. The minimum atomic E-state index is -0.456. The molecule has 0 bridgehead atoms. The number of benzene rings is 2. The minimum absolute atomic E-state index is 0.00310. The number of nitrogens with one attached hydrogen (secondary N) is 1. The van der Waals surface area contributed by atoms with Crippen LogP contribution in [0.15, 0.2) is 79.0 Å². The smallest absolute Gasteiger partial charge is 0.262 e. The first-order valence-electron chi connectivity index (χ1n) is 9.55. The molecular formula is C24H22N4O2. The Morgan fingerprint density at radius 3 is 2.60 bits per heavy atom. The summed E-state index contributed by atoms with van der Waals surface area (Å²) in [6.07, 6.45) is 4.92. The van der Waals surface area contributed by atoms with E-state index in [-0.39, 0.29) is 12.1 Å². The first-order chi connectivity index (χ1) is 14.7. The lowest BCUT2D eigenvalue weighted by atomic mass is 10.1. The van der Waals surface area contributed by atoms with Gasteiger partial charge in [-0.05, 0) is 49.4 Å². The highest BCUT2D eigenvalue weighted by atomic mass is 16.5. The molecule has 0 radical (unpaired) electrons. The molecule has 0 unspecified atom stereocenters. The lowest BCUT2D eigenvalue weighted by molar-refractivity contribution is -0.116. The molecule has 0 aliphatic rings. The van der Waals surface area contributed by atoms with Crippen LogP contribution in [0.25, 0.3) is 23.0 Å². The number of hydrogen-bond donors (Lipinski definition) is 1. The van der Waals surface area contributed by atoms with Gasteiger partial charge in [0.25, 0.3) is 5.91 Å². The van der Waals surface area contributed by atoms with E-state index in [1.54, 1.807) is 23.0 Å². The molecule has 0 spiro atoms. The van der Waals surface area contributed by atoms with E-state index in [0.29, 0.717) is 17.9 Å². The topological polar surface area (TPSA) is 79.9 Å². The maximum atomic E-state index is 12.3. The van der Waals surface area contributed by atoms with Crippen LogP contribution in [0.3, 0.4) is 0 Å². The molecule has 0 aliphatic heterocycles. The van der Waals surface area contributed by atoms with Crippen LogP contribution >= 0.6 is 0 Å². The third-order valence-corrected chi connectivity index (χ3v) is 4.27. The molecule has 1 heterocycles. The molecule has 3 rings (SSSR count). The first kappa shape index (κ1) is 20.6. The van der Waals surface area contributed by atoms with Gasteiger partial charge in [-0.3, -0.25) is 4.79 Å². The van der Waals surface area contributed by atoms with Gasteiger partial charge in [0.1, 0.15) is 17.4 Å². The summed E-state index contributed by atoms with van der Waals surface area (Å²) in [5.41, 5.74) is 3.04. The second-order valence-electron chi connectivity index (χ2n) is 6.34. The highest BCUT2D eigenvalue weighted by Crippen LogP contribution is 2.27. The molecule has 30 heavy (non-hydrogen) atoms. The van der Waals surface area contributed by atoms with E-state index < -0.39 is 5.91 Å². The average molecular weight is 398 g/mol. The highest BCUT2D eigenvalue weighted by molar-refractivity contribution is 6.02. The van der Waals surface area contributed by atoms with Crippen molar-refractivity contribution < 1.29 is 9.53 Å². The van der Waals surface area contributed by atoms with Gasteiger partial charge in [-0.2, -0.15) is 10.4 Å². The van der Waals surface area contributed by atoms with Gasteiger partial charge in [0.05, 0.1) is 18.0 Å². The Balaban J connectivity index is 2.07. The predicted octanol–water partition coefficient (Wildman–Crippen LogP) is 4.15. The largest absolute Gasteiger partial charge is 0.494 e. The normalized spacial score (nSPS) is 10.9. The van der Waals surface area contributed by atoms with Gasteiger partial charge in [-0.25, -0.2) is 4.68 Å². The van der Waals surface area contributed by atoms with Crippen molar-refractivity contribution >= 4 is 12.0 Å².